The van der Waals surface area contributed by atoms with E-state index in [9.17, 15) is 4.79 Å². The Balaban J connectivity index is 1.73. The van der Waals surface area contributed by atoms with E-state index in [1.165, 1.54) is 7.11 Å². The van der Waals surface area contributed by atoms with Crippen LogP contribution >= 0.6 is 23.2 Å². The van der Waals surface area contributed by atoms with E-state index >= 15 is 0 Å². The molecular weight excluding hydrogens is 363 g/mol. The standard InChI is InChI=1S/C19H18Cl2O4/c1-11(15-5-3-13(20)8-17(15)21)25-14-4-6-16-12(7-19(22)23-2)10-24-18(16)9-14/h3-6,8-9,11-12H,7,10H2,1-2H3. The van der Waals surface area contributed by atoms with Gasteiger partial charge in [0.25, 0.3) is 0 Å². The molecule has 132 valence electrons. The molecule has 0 saturated heterocycles. The second-order valence-electron chi connectivity index (χ2n) is 5.91. The van der Waals surface area contributed by atoms with E-state index in [4.69, 9.17) is 37.4 Å². The summed E-state index contributed by atoms with van der Waals surface area (Å²) in [7, 11) is 1.39. The Morgan fingerprint density at radius 3 is 2.80 bits per heavy atom. The molecule has 0 saturated carbocycles. The van der Waals surface area contributed by atoms with E-state index in [0.717, 1.165) is 16.9 Å². The summed E-state index contributed by atoms with van der Waals surface area (Å²) in [6.45, 7) is 2.38. The number of fused-ring (bicyclic) bond motifs is 1. The van der Waals surface area contributed by atoms with Gasteiger partial charge in [0.1, 0.15) is 17.6 Å². The molecule has 0 spiro atoms. The van der Waals surface area contributed by atoms with Crippen LogP contribution in [-0.2, 0) is 9.53 Å². The lowest BCUT2D eigenvalue weighted by Crippen LogP contribution is -2.09. The first-order valence-electron chi connectivity index (χ1n) is 7.93. The highest BCUT2D eigenvalue weighted by molar-refractivity contribution is 6.35. The lowest BCUT2D eigenvalue weighted by Gasteiger charge is -2.17. The number of esters is 1. The first kappa shape index (κ1) is 17.9. The van der Waals surface area contributed by atoms with Crippen molar-refractivity contribution in [2.75, 3.05) is 13.7 Å². The maximum Gasteiger partial charge on any atom is 0.306 e. The second kappa shape index (κ2) is 7.54. The van der Waals surface area contributed by atoms with Gasteiger partial charge in [-0.2, -0.15) is 0 Å². The van der Waals surface area contributed by atoms with Crippen molar-refractivity contribution in [3.8, 4) is 11.5 Å². The fraction of sp³-hybridized carbons (Fsp3) is 0.316. The summed E-state index contributed by atoms with van der Waals surface area (Å²) in [6.07, 6.45) is 0.0654. The molecule has 1 aliphatic rings. The normalized spacial score (nSPS) is 16.7. The second-order valence-corrected chi connectivity index (χ2v) is 6.76. The van der Waals surface area contributed by atoms with Crippen LogP contribution in [0, 0.1) is 0 Å². The minimum absolute atomic E-state index is 0.0135. The highest BCUT2D eigenvalue weighted by Gasteiger charge is 2.27. The van der Waals surface area contributed by atoms with Gasteiger partial charge in [0.05, 0.1) is 20.1 Å². The van der Waals surface area contributed by atoms with Crippen LogP contribution in [0.25, 0.3) is 0 Å². The van der Waals surface area contributed by atoms with E-state index in [1.807, 2.05) is 31.2 Å². The SMILES string of the molecule is COC(=O)CC1COc2cc(OC(C)c3ccc(Cl)cc3Cl)ccc21. The zero-order chi connectivity index (χ0) is 18.0. The van der Waals surface area contributed by atoms with E-state index in [2.05, 4.69) is 0 Å². The van der Waals surface area contributed by atoms with Crippen molar-refractivity contribution < 1.29 is 19.0 Å². The first-order valence-corrected chi connectivity index (χ1v) is 8.68. The summed E-state index contributed by atoms with van der Waals surface area (Å²) in [4.78, 5) is 11.5. The minimum Gasteiger partial charge on any atom is -0.492 e. The van der Waals surface area contributed by atoms with Crippen molar-refractivity contribution in [3.63, 3.8) is 0 Å². The van der Waals surface area contributed by atoms with Crippen molar-refractivity contribution in [2.24, 2.45) is 0 Å². The highest BCUT2D eigenvalue weighted by Crippen LogP contribution is 2.39. The number of benzene rings is 2. The van der Waals surface area contributed by atoms with Crippen LogP contribution in [-0.4, -0.2) is 19.7 Å². The monoisotopic (exact) mass is 380 g/mol. The lowest BCUT2D eigenvalue weighted by molar-refractivity contribution is -0.141. The molecule has 6 heteroatoms. The molecule has 4 nitrogen and oxygen atoms in total. The Bertz CT molecular complexity index is 791. The molecule has 0 fully saturated rings. The summed E-state index contributed by atoms with van der Waals surface area (Å²) in [5.74, 6) is 1.18. The van der Waals surface area contributed by atoms with Crippen molar-refractivity contribution in [1.82, 2.24) is 0 Å². The van der Waals surface area contributed by atoms with Crippen LogP contribution in [0.1, 0.15) is 36.5 Å². The van der Waals surface area contributed by atoms with Crippen LogP contribution in [0.15, 0.2) is 36.4 Å². The Kier molecular flexibility index (Phi) is 5.40. The summed E-state index contributed by atoms with van der Waals surface area (Å²) >= 11 is 12.2. The third-order valence-corrected chi connectivity index (χ3v) is 4.78. The fourth-order valence-electron chi connectivity index (χ4n) is 2.88. The molecule has 2 aromatic carbocycles. The quantitative estimate of drug-likeness (QED) is 0.670. The summed E-state index contributed by atoms with van der Waals surface area (Å²) in [6, 6.07) is 11.0. The van der Waals surface area contributed by atoms with E-state index in [1.54, 1.807) is 12.1 Å². The van der Waals surface area contributed by atoms with Crippen LogP contribution in [0.4, 0.5) is 0 Å². The molecular formula is C19H18Cl2O4. The Labute approximate surface area is 156 Å². The minimum atomic E-state index is -0.243. The van der Waals surface area contributed by atoms with Crippen LogP contribution in [0.2, 0.25) is 10.0 Å². The molecule has 0 N–H and O–H groups in total. The average molecular weight is 381 g/mol. The molecule has 2 atom stereocenters. The molecule has 25 heavy (non-hydrogen) atoms. The van der Waals surface area contributed by atoms with Gasteiger partial charge in [-0.25, -0.2) is 0 Å². The van der Waals surface area contributed by atoms with E-state index in [-0.39, 0.29) is 18.0 Å². The molecule has 0 aromatic heterocycles. The summed E-state index contributed by atoms with van der Waals surface area (Å²) in [5, 5.41) is 1.15. The van der Waals surface area contributed by atoms with Crippen molar-refractivity contribution >= 4 is 29.2 Å². The van der Waals surface area contributed by atoms with Crippen molar-refractivity contribution in [1.29, 1.82) is 0 Å². The fourth-order valence-corrected chi connectivity index (χ4v) is 3.44. The number of carbonyl (C=O) groups excluding carboxylic acids is 1. The van der Waals surface area contributed by atoms with Gasteiger partial charge in [0.15, 0.2) is 0 Å². The van der Waals surface area contributed by atoms with Crippen LogP contribution in [0.3, 0.4) is 0 Å². The Morgan fingerprint density at radius 2 is 2.08 bits per heavy atom. The Morgan fingerprint density at radius 1 is 1.28 bits per heavy atom. The molecule has 1 heterocycles. The molecule has 2 unspecified atom stereocenters. The van der Waals surface area contributed by atoms with Gasteiger partial charge in [-0.1, -0.05) is 35.3 Å². The predicted molar refractivity (Wildman–Crippen MR) is 96.8 cm³/mol. The van der Waals surface area contributed by atoms with Crippen molar-refractivity contribution in [2.45, 2.75) is 25.4 Å². The number of methoxy groups -OCH3 is 1. The number of carbonyl (C=O) groups is 1. The molecule has 0 aliphatic carbocycles. The number of ether oxygens (including phenoxy) is 3. The summed E-state index contributed by atoms with van der Waals surface area (Å²) in [5.41, 5.74) is 1.85. The molecule has 0 bridgehead atoms. The number of hydrogen-bond acceptors (Lipinski definition) is 4. The van der Waals surface area contributed by atoms with Gasteiger partial charge in [-0.15, -0.1) is 0 Å². The van der Waals surface area contributed by atoms with E-state index in [0.29, 0.717) is 28.8 Å². The maximum atomic E-state index is 11.5. The zero-order valence-corrected chi connectivity index (χ0v) is 15.4. The van der Waals surface area contributed by atoms with E-state index < -0.39 is 0 Å². The predicted octanol–water partition coefficient (Wildman–Crippen LogP) is 5.17. The molecule has 3 rings (SSSR count). The maximum absolute atomic E-state index is 11.5. The third-order valence-electron chi connectivity index (χ3n) is 4.22. The van der Waals surface area contributed by atoms with Gasteiger partial charge < -0.3 is 14.2 Å². The number of hydrogen-bond donors (Lipinski definition) is 0. The summed E-state index contributed by atoms with van der Waals surface area (Å²) < 4.78 is 16.4. The van der Waals surface area contributed by atoms with Crippen LogP contribution < -0.4 is 9.47 Å². The van der Waals surface area contributed by atoms with Gasteiger partial charge in [0, 0.05) is 33.2 Å². The Hall–Kier alpha value is -1.91. The lowest BCUT2D eigenvalue weighted by atomic mass is 9.98. The smallest absolute Gasteiger partial charge is 0.306 e. The molecule has 0 radical (unpaired) electrons. The molecule has 1 aliphatic heterocycles. The van der Waals surface area contributed by atoms with Gasteiger partial charge in [0.2, 0.25) is 0 Å². The number of halogens is 2. The number of rotatable bonds is 5. The average Bonchev–Trinajstić information content (AvgIpc) is 2.96. The molecule has 0 amide bonds. The van der Waals surface area contributed by atoms with Crippen LogP contribution in [0.5, 0.6) is 11.5 Å². The first-order chi connectivity index (χ1) is 12.0. The van der Waals surface area contributed by atoms with Crippen molar-refractivity contribution in [3.05, 3.63) is 57.6 Å². The highest BCUT2D eigenvalue weighted by atomic mass is 35.5. The van der Waals surface area contributed by atoms with Gasteiger partial charge in [-0.05, 0) is 25.1 Å². The van der Waals surface area contributed by atoms with Gasteiger partial charge in [-0.3, -0.25) is 4.79 Å². The van der Waals surface area contributed by atoms with Gasteiger partial charge >= 0.3 is 5.97 Å². The zero-order valence-electron chi connectivity index (χ0n) is 13.9. The topological polar surface area (TPSA) is 44.8 Å². The largest absolute Gasteiger partial charge is 0.492 e. The third kappa shape index (κ3) is 4.02. The molecule has 2 aromatic rings.